The van der Waals surface area contributed by atoms with Crippen molar-refractivity contribution >= 4 is 23.2 Å². The van der Waals surface area contributed by atoms with E-state index < -0.39 is 46.0 Å². The summed E-state index contributed by atoms with van der Waals surface area (Å²) in [6.45, 7) is 10.3. The lowest BCUT2D eigenvalue weighted by Crippen LogP contribution is -2.55. The summed E-state index contributed by atoms with van der Waals surface area (Å²) in [6, 6.07) is 4.39. The molecule has 3 heterocycles. The predicted octanol–water partition coefficient (Wildman–Crippen LogP) is 4.90. The van der Waals surface area contributed by atoms with E-state index in [4.69, 9.17) is 0 Å². The number of hydrogen-bond acceptors (Lipinski definition) is 6. The number of benzene rings is 1. The molecule has 4 rings (SSSR count). The topological polar surface area (TPSA) is 110 Å². The van der Waals surface area contributed by atoms with Gasteiger partial charge in [0.15, 0.2) is 0 Å². The van der Waals surface area contributed by atoms with Gasteiger partial charge in [0.05, 0.1) is 28.1 Å². The molecule has 13 heteroatoms. The van der Waals surface area contributed by atoms with E-state index in [0.717, 1.165) is 0 Å². The van der Waals surface area contributed by atoms with E-state index in [1.807, 2.05) is 46.6 Å². The Balaban J connectivity index is 1.82. The Morgan fingerprint density at radius 2 is 1.65 bits per heavy atom. The fourth-order valence-electron chi connectivity index (χ4n) is 4.95. The Kier molecular flexibility index (Phi) is 8.68. The van der Waals surface area contributed by atoms with E-state index in [-0.39, 0.29) is 40.1 Å². The van der Waals surface area contributed by atoms with Crippen molar-refractivity contribution in [3.05, 3.63) is 75.7 Å². The highest BCUT2D eigenvalue weighted by Crippen LogP contribution is 2.37. The first-order valence-corrected chi connectivity index (χ1v) is 13.6. The van der Waals surface area contributed by atoms with E-state index in [1.54, 1.807) is 0 Å². The number of carbonyl (C=O) groups is 2. The number of rotatable bonds is 5. The number of pyridine rings is 2. The van der Waals surface area contributed by atoms with Gasteiger partial charge in [-0.15, -0.1) is 0 Å². The summed E-state index contributed by atoms with van der Waals surface area (Å²) in [5.41, 5.74) is -3.06. The number of anilines is 2. The van der Waals surface area contributed by atoms with Gasteiger partial charge in [0.2, 0.25) is 5.56 Å². The smallest absolute Gasteiger partial charge is 0.367 e. The molecule has 0 radical (unpaired) electrons. The number of aromatic amines is 1. The molecular formula is C30H34F4N6O3. The van der Waals surface area contributed by atoms with E-state index >= 15 is 4.39 Å². The number of likely N-dealkylation sites (N-methyl/N-ethyl adjacent to an activating group) is 1. The molecule has 0 spiro atoms. The molecule has 2 aromatic heterocycles. The molecule has 2 atom stereocenters. The van der Waals surface area contributed by atoms with Crippen molar-refractivity contribution in [1.82, 2.24) is 20.2 Å². The number of aromatic nitrogens is 2. The number of hydrogen-bond donors (Lipinski definition) is 3. The van der Waals surface area contributed by atoms with Crippen molar-refractivity contribution < 1.29 is 27.2 Å². The molecule has 0 saturated carbocycles. The summed E-state index contributed by atoms with van der Waals surface area (Å²) in [5.74, 6) is -2.25. The van der Waals surface area contributed by atoms with Crippen molar-refractivity contribution in [3.63, 3.8) is 0 Å². The lowest BCUT2D eigenvalue weighted by atomic mass is 10.0. The van der Waals surface area contributed by atoms with Crippen LogP contribution >= 0.6 is 0 Å². The Labute approximate surface area is 246 Å². The zero-order valence-corrected chi connectivity index (χ0v) is 24.7. The van der Waals surface area contributed by atoms with Crippen LogP contribution in [0.1, 0.15) is 60.9 Å². The van der Waals surface area contributed by atoms with Crippen LogP contribution in [0.5, 0.6) is 0 Å². The monoisotopic (exact) mass is 602 g/mol. The van der Waals surface area contributed by atoms with Crippen molar-refractivity contribution in [2.24, 2.45) is 0 Å². The zero-order valence-electron chi connectivity index (χ0n) is 24.7. The first-order chi connectivity index (χ1) is 19.9. The molecule has 1 fully saturated rings. The number of carbonyl (C=O) groups excluding carboxylic acids is 2. The first-order valence-electron chi connectivity index (χ1n) is 13.6. The summed E-state index contributed by atoms with van der Waals surface area (Å²) in [6.07, 6.45) is -1.59. The number of piperazine rings is 1. The predicted molar refractivity (Wildman–Crippen MR) is 156 cm³/mol. The number of nitrogens with zero attached hydrogens (tertiary/aromatic N) is 3. The molecule has 43 heavy (non-hydrogen) atoms. The minimum Gasteiger partial charge on any atom is -0.367 e. The van der Waals surface area contributed by atoms with Crippen LogP contribution in [0.25, 0.3) is 11.1 Å². The number of nitrogens with one attached hydrogen (secondary N) is 3. The highest BCUT2D eigenvalue weighted by Gasteiger charge is 2.36. The van der Waals surface area contributed by atoms with Crippen molar-refractivity contribution in [2.75, 3.05) is 30.4 Å². The van der Waals surface area contributed by atoms with Gasteiger partial charge in [-0.3, -0.25) is 24.3 Å². The van der Waals surface area contributed by atoms with Gasteiger partial charge in [0.1, 0.15) is 5.82 Å². The quantitative estimate of drug-likeness (QED) is 0.359. The van der Waals surface area contributed by atoms with Gasteiger partial charge in [-0.05, 0) is 59.9 Å². The van der Waals surface area contributed by atoms with Crippen LogP contribution in [-0.2, 0) is 6.18 Å². The van der Waals surface area contributed by atoms with Gasteiger partial charge in [0.25, 0.3) is 11.8 Å². The fourth-order valence-corrected chi connectivity index (χ4v) is 4.95. The van der Waals surface area contributed by atoms with Gasteiger partial charge < -0.3 is 20.5 Å². The average molecular weight is 603 g/mol. The minimum absolute atomic E-state index is 0.0234. The standard InChI is InChI=1S/C30H34F4N6O3/c1-16-14-40(15-17(2)39(16)6)25-10-23(31)20(18-7-19(12-35-11-18)27(42)38-29(3,4)5)8-24(25)37-28(43)21-13-36-26(41)9-22(21)30(32,33)34/h7-13,16-17H,14-15H2,1-6H3,(H,36,41)(H,37,43)(H,38,42)/t16-,17+. The maximum Gasteiger partial charge on any atom is 0.417 e. The first kappa shape index (κ1) is 31.7. The Bertz CT molecular complexity index is 1590. The third-order valence-corrected chi connectivity index (χ3v) is 7.31. The van der Waals surface area contributed by atoms with Crippen molar-refractivity contribution in [1.29, 1.82) is 0 Å². The van der Waals surface area contributed by atoms with Crippen LogP contribution < -0.4 is 21.1 Å². The van der Waals surface area contributed by atoms with Crippen LogP contribution in [-0.4, -0.2) is 64.4 Å². The molecule has 1 saturated heterocycles. The SMILES string of the molecule is C[C@@H]1CN(c2cc(F)c(-c3cncc(C(=O)NC(C)(C)C)c3)cc2NC(=O)c2c[nH]c(=O)cc2C(F)(F)F)C[C@H](C)N1C. The van der Waals surface area contributed by atoms with Gasteiger partial charge in [-0.2, -0.15) is 13.2 Å². The molecule has 3 N–H and O–H groups in total. The number of amides is 2. The van der Waals surface area contributed by atoms with E-state index in [0.29, 0.717) is 25.4 Å². The van der Waals surface area contributed by atoms with E-state index in [2.05, 4.69) is 25.5 Å². The van der Waals surface area contributed by atoms with Gasteiger partial charge in [-0.25, -0.2) is 4.39 Å². The minimum atomic E-state index is -4.97. The molecule has 1 aliphatic heterocycles. The molecule has 230 valence electrons. The zero-order chi connectivity index (χ0) is 31.9. The Morgan fingerprint density at radius 3 is 2.26 bits per heavy atom. The number of H-pyrrole nitrogens is 1. The molecule has 0 bridgehead atoms. The molecule has 1 aliphatic rings. The van der Waals surface area contributed by atoms with Crippen LogP contribution in [0, 0.1) is 5.82 Å². The van der Waals surface area contributed by atoms with E-state index in [9.17, 15) is 27.6 Å². The summed E-state index contributed by atoms with van der Waals surface area (Å²) in [7, 11) is 1.96. The third-order valence-electron chi connectivity index (χ3n) is 7.31. The van der Waals surface area contributed by atoms with Crippen LogP contribution in [0.4, 0.5) is 28.9 Å². The third kappa shape index (κ3) is 7.22. The number of halogens is 4. The van der Waals surface area contributed by atoms with Gasteiger partial charge in [0, 0.05) is 66.5 Å². The molecule has 0 unspecified atom stereocenters. The lowest BCUT2D eigenvalue weighted by molar-refractivity contribution is -0.138. The highest BCUT2D eigenvalue weighted by atomic mass is 19.4. The second-order valence-electron chi connectivity index (χ2n) is 11.9. The maximum absolute atomic E-state index is 15.8. The second-order valence-corrected chi connectivity index (χ2v) is 11.9. The number of alkyl halides is 3. The molecule has 3 aromatic rings. The Hall–Kier alpha value is -4.26. The average Bonchev–Trinajstić information content (AvgIpc) is 2.90. The van der Waals surface area contributed by atoms with Crippen LogP contribution in [0.15, 0.2) is 47.7 Å². The maximum atomic E-state index is 15.8. The summed E-state index contributed by atoms with van der Waals surface area (Å²) >= 11 is 0. The fraction of sp³-hybridized carbons (Fsp3) is 0.400. The normalized spacial score (nSPS) is 18.0. The summed E-state index contributed by atoms with van der Waals surface area (Å²) in [5, 5.41) is 5.33. The van der Waals surface area contributed by atoms with E-state index in [1.165, 1.54) is 30.6 Å². The largest absolute Gasteiger partial charge is 0.417 e. The molecule has 9 nitrogen and oxygen atoms in total. The van der Waals surface area contributed by atoms with Crippen LogP contribution in [0.3, 0.4) is 0 Å². The van der Waals surface area contributed by atoms with Crippen LogP contribution in [0.2, 0.25) is 0 Å². The summed E-state index contributed by atoms with van der Waals surface area (Å²) in [4.78, 5) is 47.9. The molecular weight excluding hydrogens is 568 g/mol. The highest BCUT2D eigenvalue weighted by molar-refractivity contribution is 6.07. The summed E-state index contributed by atoms with van der Waals surface area (Å²) < 4.78 is 57.0. The van der Waals surface area contributed by atoms with Crippen molar-refractivity contribution in [3.8, 4) is 11.1 Å². The van der Waals surface area contributed by atoms with Gasteiger partial charge >= 0.3 is 6.18 Å². The molecule has 2 amide bonds. The Morgan fingerprint density at radius 1 is 1.00 bits per heavy atom. The second kappa shape index (κ2) is 11.8. The van der Waals surface area contributed by atoms with Crippen molar-refractivity contribution in [2.45, 2.75) is 58.4 Å². The molecule has 1 aromatic carbocycles. The lowest BCUT2D eigenvalue weighted by Gasteiger charge is -2.44. The molecule has 0 aliphatic carbocycles. The van der Waals surface area contributed by atoms with Gasteiger partial charge in [-0.1, -0.05) is 0 Å².